The molecule has 0 aliphatic carbocycles. The van der Waals surface area contributed by atoms with Crippen LogP contribution in [0.2, 0.25) is 0 Å². The summed E-state index contributed by atoms with van der Waals surface area (Å²) < 4.78 is 5.40. The number of aromatic nitrogens is 2. The van der Waals surface area contributed by atoms with Crippen LogP contribution in [-0.4, -0.2) is 53.3 Å². The monoisotopic (exact) mass is 288 g/mol. The smallest absolute Gasteiger partial charge is 0.275 e. The lowest BCUT2D eigenvalue weighted by molar-refractivity contribution is 0.0137. The zero-order valence-corrected chi connectivity index (χ0v) is 12.1. The molecule has 6 heteroatoms. The number of carbonyl (C=O) groups is 1. The molecule has 112 valence electrons. The van der Waals surface area contributed by atoms with Gasteiger partial charge in [0.05, 0.1) is 11.6 Å². The predicted molar refractivity (Wildman–Crippen MR) is 80.0 cm³/mol. The first kappa shape index (κ1) is 14.0. The summed E-state index contributed by atoms with van der Waals surface area (Å²) in [5.74, 6) is -0.0579. The average Bonchev–Trinajstić information content (AvgIpc) is 2.97. The van der Waals surface area contributed by atoms with Crippen molar-refractivity contribution in [2.24, 2.45) is 5.73 Å². The highest BCUT2D eigenvalue weighted by molar-refractivity contribution is 6.04. The lowest BCUT2D eigenvalue weighted by Gasteiger charge is -2.38. The third kappa shape index (κ3) is 2.52. The molecule has 3 rings (SSSR count). The van der Waals surface area contributed by atoms with E-state index in [1.165, 1.54) is 0 Å². The molecule has 1 amide bonds. The number of rotatable bonds is 3. The fourth-order valence-electron chi connectivity index (χ4n) is 2.98. The number of methoxy groups -OCH3 is 1. The van der Waals surface area contributed by atoms with E-state index in [-0.39, 0.29) is 18.1 Å². The number of nitrogens with zero attached hydrogens (tertiary/aromatic N) is 2. The van der Waals surface area contributed by atoms with Gasteiger partial charge in [-0.25, -0.2) is 0 Å². The second-order valence-corrected chi connectivity index (χ2v) is 5.39. The van der Waals surface area contributed by atoms with Gasteiger partial charge >= 0.3 is 0 Å². The summed E-state index contributed by atoms with van der Waals surface area (Å²) in [4.78, 5) is 14.6. The second-order valence-electron chi connectivity index (χ2n) is 5.39. The maximum absolute atomic E-state index is 12.8. The number of ether oxygens (including phenoxy) is 1. The maximum Gasteiger partial charge on any atom is 0.275 e. The molecule has 3 N–H and O–H groups in total. The van der Waals surface area contributed by atoms with Gasteiger partial charge in [0.25, 0.3) is 5.91 Å². The first-order valence-electron chi connectivity index (χ1n) is 7.21. The Morgan fingerprint density at radius 1 is 1.52 bits per heavy atom. The molecular weight excluding hydrogens is 268 g/mol. The largest absolute Gasteiger partial charge is 0.381 e. The van der Waals surface area contributed by atoms with Gasteiger partial charge in [0.2, 0.25) is 0 Å². The SMILES string of the molecule is COC1CCN(C(=O)c2n[nH]c3ccccc23)C(CN)C1. The van der Waals surface area contributed by atoms with Gasteiger partial charge in [-0.15, -0.1) is 0 Å². The summed E-state index contributed by atoms with van der Waals surface area (Å²) >= 11 is 0. The predicted octanol–water partition coefficient (Wildman–Crippen LogP) is 1.14. The zero-order chi connectivity index (χ0) is 14.8. The molecule has 6 nitrogen and oxygen atoms in total. The first-order valence-corrected chi connectivity index (χ1v) is 7.21. The molecule has 1 aliphatic rings. The molecule has 1 aromatic carbocycles. The van der Waals surface area contributed by atoms with Crippen LogP contribution < -0.4 is 5.73 Å². The van der Waals surface area contributed by atoms with Crippen LogP contribution in [0.25, 0.3) is 10.9 Å². The molecule has 1 aliphatic heterocycles. The summed E-state index contributed by atoms with van der Waals surface area (Å²) in [5, 5.41) is 7.95. The van der Waals surface area contributed by atoms with Gasteiger partial charge in [-0.05, 0) is 18.9 Å². The van der Waals surface area contributed by atoms with Crippen molar-refractivity contribution in [2.45, 2.75) is 25.0 Å². The van der Waals surface area contributed by atoms with Crippen molar-refractivity contribution in [3.8, 4) is 0 Å². The third-order valence-electron chi connectivity index (χ3n) is 4.21. The number of benzene rings is 1. The molecule has 21 heavy (non-hydrogen) atoms. The number of piperidine rings is 1. The summed E-state index contributed by atoms with van der Waals surface area (Å²) in [5.41, 5.74) is 7.18. The molecule has 2 aromatic rings. The van der Waals surface area contributed by atoms with E-state index in [4.69, 9.17) is 10.5 Å². The van der Waals surface area contributed by atoms with Gasteiger partial charge in [-0.1, -0.05) is 18.2 Å². The molecule has 0 spiro atoms. The van der Waals surface area contributed by atoms with Crippen molar-refractivity contribution >= 4 is 16.8 Å². The zero-order valence-electron chi connectivity index (χ0n) is 12.1. The lowest BCUT2D eigenvalue weighted by Crippen LogP contribution is -2.51. The molecule has 2 atom stereocenters. The summed E-state index contributed by atoms with van der Waals surface area (Å²) in [7, 11) is 1.71. The minimum atomic E-state index is -0.0579. The highest BCUT2D eigenvalue weighted by Gasteiger charge is 2.32. The number of likely N-dealkylation sites (tertiary alicyclic amines) is 1. The van der Waals surface area contributed by atoms with Crippen molar-refractivity contribution in [1.29, 1.82) is 0 Å². The molecule has 2 heterocycles. The Morgan fingerprint density at radius 2 is 2.33 bits per heavy atom. The topological polar surface area (TPSA) is 84.2 Å². The number of fused-ring (bicyclic) bond motifs is 1. The van der Waals surface area contributed by atoms with E-state index in [0.29, 0.717) is 18.8 Å². The fraction of sp³-hybridized carbons (Fsp3) is 0.467. The second kappa shape index (κ2) is 5.83. The van der Waals surface area contributed by atoms with E-state index in [9.17, 15) is 4.79 Å². The maximum atomic E-state index is 12.8. The van der Waals surface area contributed by atoms with Crippen LogP contribution in [0.1, 0.15) is 23.3 Å². The van der Waals surface area contributed by atoms with E-state index in [1.54, 1.807) is 7.11 Å². The number of nitrogens with one attached hydrogen (secondary N) is 1. The Kier molecular flexibility index (Phi) is 3.90. The van der Waals surface area contributed by atoms with E-state index < -0.39 is 0 Å². The molecule has 1 aromatic heterocycles. The van der Waals surface area contributed by atoms with E-state index in [0.717, 1.165) is 23.7 Å². The quantitative estimate of drug-likeness (QED) is 0.887. The Balaban J connectivity index is 1.87. The highest BCUT2D eigenvalue weighted by atomic mass is 16.5. The summed E-state index contributed by atoms with van der Waals surface area (Å²) in [6.45, 7) is 1.09. The van der Waals surface area contributed by atoms with E-state index in [2.05, 4.69) is 10.2 Å². The van der Waals surface area contributed by atoms with Crippen LogP contribution in [-0.2, 0) is 4.74 Å². The van der Waals surface area contributed by atoms with Crippen LogP contribution >= 0.6 is 0 Å². The van der Waals surface area contributed by atoms with Crippen molar-refractivity contribution < 1.29 is 9.53 Å². The lowest BCUT2D eigenvalue weighted by atomic mass is 9.98. The van der Waals surface area contributed by atoms with Crippen LogP contribution in [0.5, 0.6) is 0 Å². The number of hydrogen-bond acceptors (Lipinski definition) is 4. The standard InChI is InChI=1S/C15H20N4O2/c1-21-11-6-7-19(10(8-11)9-16)15(20)14-12-4-2-3-5-13(12)17-18-14/h2-5,10-11H,6-9,16H2,1H3,(H,17,18). The normalized spacial score (nSPS) is 22.7. The number of para-hydroxylation sites is 1. The molecule has 0 bridgehead atoms. The van der Waals surface area contributed by atoms with Crippen LogP contribution in [0, 0.1) is 0 Å². The van der Waals surface area contributed by atoms with Crippen LogP contribution in [0.15, 0.2) is 24.3 Å². The van der Waals surface area contributed by atoms with Crippen LogP contribution in [0.3, 0.4) is 0 Å². The average molecular weight is 288 g/mol. The molecule has 0 saturated carbocycles. The third-order valence-corrected chi connectivity index (χ3v) is 4.21. The van der Waals surface area contributed by atoms with Gasteiger partial charge in [-0.2, -0.15) is 5.10 Å². The highest BCUT2D eigenvalue weighted by Crippen LogP contribution is 2.23. The van der Waals surface area contributed by atoms with Gasteiger partial charge in [0, 0.05) is 31.6 Å². The summed E-state index contributed by atoms with van der Waals surface area (Å²) in [6.07, 6.45) is 1.79. The molecule has 0 radical (unpaired) electrons. The first-order chi connectivity index (χ1) is 10.2. The molecule has 1 fully saturated rings. The molecular formula is C15H20N4O2. The molecule has 1 saturated heterocycles. The van der Waals surface area contributed by atoms with Crippen molar-refractivity contribution in [2.75, 3.05) is 20.2 Å². The number of hydrogen-bond donors (Lipinski definition) is 2. The van der Waals surface area contributed by atoms with Gasteiger partial charge < -0.3 is 15.4 Å². The number of aromatic amines is 1. The van der Waals surface area contributed by atoms with Gasteiger partial charge in [-0.3, -0.25) is 9.89 Å². The fourth-order valence-corrected chi connectivity index (χ4v) is 2.98. The Hall–Kier alpha value is -1.92. The Labute approximate surface area is 123 Å². The number of amides is 1. The minimum absolute atomic E-state index is 0.00617. The summed E-state index contributed by atoms with van der Waals surface area (Å²) in [6, 6.07) is 7.65. The van der Waals surface area contributed by atoms with Crippen molar-refractivity contribution in [1.82, 2.24) is 15.1 Å². The number of nitrogens with two attached hydrogens (primary N) is 1. The van der Waals surface area contributed by atoms with Crippen LogP contribution in [0.4, 0.5) is 0 Å². The Bertz CT molecular complexity index is 639. The van der Waals surface area contributed by atoms with Crippen molar-refractivity contribution in [3.63, 3.8) is 0 Å². The van der Waals surface area contributed by atoms with Crippen molar-refractivity contribution in [3.05, 3.63) is 30.0 Å². The number of H-pyrrole nitrogens is 1. The van der Waals surface area contributed by atoms with E-state index >= 15 is 0 Å². The minimum Gasteiger partial charge on any atom is -0.381 e. The van der Waals surface area contributed by atoms with Gasteiger partial charge in [0.15, 0.2) is 5.69 Å². The molecule has 2 unspecified atom stereocenters. The Morgan fingerprint density at radius 3 is 3.10 bits per heavy atom. The van der Waals surface area contributed by atoms with Gasteiger partial charge in [0.1, 0.15) is 0 Å². The van der Waals surface area contributed by atoms with E-state index in [1.807, 2.05) is 29.2 Å². The number of carbonyl (C=O) groups excluding carboxylic acids is 1.